The summed E-state index contributed by atoms with van der Waals surface area (Å²) in [5, 5.41) is 6.57. The fourth-order valence-electron chi connectivity index (χ4n) is 14.6. The number of nitrogens with zero attached hydrogens (tertiary/aromatic N) is 12. The van der Waals surface area contributed by atoms with Gasteiger partial charge in [0.25, 0.3) is 0 Å². The van der Waals surface area contributed by atoms with Gasteiger partial charge in [-0.2, -0.15) is 0 Å². The third-order valence-electron chi connectivity index (χ3n) is 21.6. The largest absolute Gasteiger partial charge is 0.486 e. The zero-order valence-corrected chi connectivity index (χ0v) is 86.1. The van der Waals surface area contributed by atoms with E-state index in [-0.39, 0.29) is 114 Å². The van der Waals surface area contributed by atoms with Crippen molar-refractivity contribution in [2.24, 2.45) is 0 Å². The van der Waals surface area contributed by atoms with E-state index in [0.717, 1.165) is 133 Å². The maximum Gasteiger partial charge on any atom is 0.216 e. The summed E-state index contributed by atoms with van der Waals surface area (Å²) in [5.74, 6) is 0.534. The fourth-order valence-corrected chi connectivity index (χ4v) is 14.6. The molecule has 0 bridgehead atoms. The Hall–Kier alpha value is -14.6. The van der Waals surface area contributed by atoms with Crippen molar-refractivity contribution in [3.63, 3.8) is 0 Å². The van der Waals surface area contributed by atoms with Crippen LogP contribution in [0.15, 0.2) is 383 Å². The maximum atomic E-state index is 7.47. The van der Waals surface area contributed by atoms with Crippen LogP contribution in [0.5, 0.6) is 0 Å². The quantitative estimate of drug-likeness (QED) is 0.123. The van der Waals surface area contributed by atoms with E-state index in [1.807, 2.05) is 220 Å². The molecule has 0 unspecified atom stereocenters. The average molecular weight is 2560 g/mol. The Labute approximate surface area is 895 Å². The van der Waals surface area contributed by atoms with E-state index in [2.05, 4.69) is 173 Å². The first-order valence-corrected chi connectivity index (χ1v) is 43.8. The Morgan fingerprint density at radius 1 is 0.255 bits per heavy atom. The normalized spacial score (nSPS) is 12.7. The Morgan fingerprint density at radius 2 is 0.546 bits per heavy atom. The minimum atomic E-state index is -2.26. The topological polar surface area (TPSA) is 207 Å². The molecule has 16 nitrogen and oxygen atoms in total. The summed E-state index contributed by atoms with van der Waals surface area (Å²) >= 11 is 0. The van der Waals surface area contributed by atoms with Gasteiger partial charge in [0.15, 0.2) is 0 Å². The summed E-state index contributed by atoms with van der Waals surface area (Å²) < 4.78 is 135. The number of aromatic nitrogens is 12. The Kier molecular flexibility index (Phi) is 29.5. The zero-order chi connectivity index (χ0) is 107. The van der Waals surface area contributed by atoms with Crippen LogP contribution in [0.2, 0.25) is 0 Å². The molecule has 0 spiro atoms. The average Bonchev–Trinajstić information content (AvgIpc) is 1.62. The van der Waals surface area contributed by atoms with Gasteiger partial charge >= 0.3 is 0 Å². The predicted molar refractivity (Wildman–Crippen MR) is 550 cm³/mol. The minimum absolute atomic E-state index is 0. The molecule has 24 aromatic rings. The van der Waals surface area contributed by atoms with Gasteiger partial charge in [0.05, 0.1) is 22.3 Å². The molecule has 706 valence electrons. The summed E-state index contributed by atoms with van der Waals surface area (Å²) in [6, 6.07) is 122. The van der Waals surface area contributed by atoms with E-state index in [1.54, 1.807) is 91.5 Å². The van der Waals surface area contributed by atoms with Crippen molar-refractivity contribution in [2.45, 2.75) is 87.1 Å². The molecule has 16 heterocycles. The van der Waals surface area contributed by atoms with Crippen LogP contribution in [0.25, 0.3) is 178 Å². The number of rotatable bonds is 9. The van der Waals surface area contributed by atoms with Crippen molar-refractivity contribution in [2.75, 3.05) is 0 Å². The zero-order valence-electron chi connectivity index (χ0n) is 91.6. The van der Waals surface area contributed by atoms with Crippen molar-refractivity contribution in [1.29, 1.82) is 0 Å². The van der Waals surface area contributed by atoms with Crippen LogP contribution in [-0.2, 0) is 85.8 Å². The van der Waals surface area contributed by atoms with Gasteiger partial charge in [0.1, 0.15) is 0 Å². The van der Waals surface area contributed by atoms with Crippen molar-refractivity contribution < 1.29 is 119 Å². The number of fused-ring (bicyclic) bond motifs is 12. The summed E-state index contributed by atoms with van der Waals surface area (Å²) in [4.78, 5) is 51.3. The third-order valence-corrected chi connectivity index (χ3v) is 21.6. The van der Waals surface area contributed by atoms with E-state index in [4.69, 9.17) is 38.2 Å². The van der Waals surface area contributed by atoms with Gasteiger partial charge in [-0.3, -0.25) is 0 Å². The van der Waals surface area contributed by atoms with Crippen LogP contribution in [0.1, 0.15) is 106 Å². The van der Waals surface area contributed by atoms with Crippen molar-refractivity contribution >= 4 is 88.3 Å². The number of pyridine rings is 12. The monoisotopic (exact) mass is 2570 g/mol. The molecule has 4 radical (unpaired) electrons. The first-order valence-electron chi connectivity index (χ1n) is 51.3. The van der Waals surface area contributed by atoms with Crippen molar-refractivity contribution in [3.8, 4) is 90.1 Å². The first-order chi connectivity index (χ1) is 72.9. The summed E-state index contributed by atoms with van der Waals surface area (Å²) in [7, 11) is 0. The third kappa shape index (κ3) is 25.9. The molecule has 0 atom stereocenters. The van der Waals surface area contributed by atoms with Crippen LogP contribution >= 0.6 is 0 Å². The van der Waals surface area contributed by atoms with E-state index in [1.165, 1.54) is 47.2 Å². The molecular formula is C121H94Ir4N12O4-8. The van der Waals surface area contributed by atoms with Gasteiger partial charge in [-0.15, -0.1) is 216 Å². The molecule has 0 aliphatic rings. The standard InChI is InChI=1S/4C17H11N2O.C15H16N.C14H14N.2C12H10N.4Ir/c4*1-11-8-9-13-12-5-4-6-14(15-7-2-3-10-18-15)16(12)20-17(13)19-11;1-15(2,3)13-9-10-14(16-11-13)12-7-5-4-6-8-12;1-11(2)13-8-9-14(15-10-13)12-6-4-3-5-7-12;2*1-10-7-8-12(13-9-10)11-5-3-2-4-6-11;;;;/h4*2-5,7-10H,1H3;4-7,9-11H,1-3H3;3-6,8-11H,1-2H3;2*2-5,7-9H,1H3;;;;/q8*-1;;;;/i4*1D3;;;1D3;;;;;. The molecule has 0 saturated heterocycles. The van der Waals surface area contributed by atoms with Crippen LogP contribution in [0, 0.1) is 89.7 Å². The summed E-state index contributed by atoms with van der Waals surface area (Å²) in [6.45, 7) is 1.82. The molecule has 0 N–H and O–H groups in total. The Morgan fingerprint density at radius 3 is 0.780 bits per heavy atom. The SMILES string of the molecule is CC(C)(C)c1ccc(-c2[c-]cccc2)nc1.CC(C)c1ccc(-c2[c-]cccc2)nc1.Cc1ccc(-c2[c-]cccc2)nc1.[2H]C([2H])([2H])c1ccc(-c2[c-]cccc2)nc1.[2H]C([2H])([2H])c1ccc2c(n1)oc1c(-c3ccccn3)[c-]ccc12.[2H]C([2H])([2H])c1ccc2c(n1)oc1c(-c3ccccn3)[c-]ccc12.[2H]C([2H])([2H])c1ccc2c(n1)oc1c(-c3ccccn3)[c-]ccc12.[2H]C([2H])([2H])c1ccc2c(n1)oc1c(-c3ccccn3)[c-]ccc12.[Ir].[Ir].[Ir].[Ir]. The molecule has 8 aromatic carbocycles. The minimum Gasteiger partial charge on any atom is -0.486 e. The fraction of sp³-hybridized carbons (Fsp3) is 0.107. The predicted octanol–water partition coefficient (Wildman–Crippen LogP) is 29.8. The van der Waals surface area contributed by atoms with E-state index >= 15 is 0 Å². The summed E-state index contributed by atoms with van der Waals surface area (Å²) in [6.07, 6.45) is 14.0. The Bertz CT molecular complexity index is 8000. The van der Waals surface area contributed by atoms with E-state index < -0.39 is 34.3 Å². The van der Waals surface area contributed by atoms with Gasteiger partial charge < -0.3 is 57.5 Å². The number of aryl methyl sites for hydroxylation is 6. The molecule has 16 aromatic heterocycles. The molecular weight excluding hydrogens is 2450 g/mol. The van der Waals surface area contributed by atoms with Gasteiger partial charge in [-0.1, -0.05) is 175 Å². The molecule has 141 heavy (non-hydrogen) atoms. The van der Waals surface area contributed by atoms with Gasteiger partial charge in [-0.25, -0.2) is 19.9 Å². The van der Waals surface area contributed by atoms with Crippen LogP contribution in [-0.4, -0.2) is 59.8 Å². The number of benzene rings is 8. The van der Waals surface area contributed by atoms with Gasteiger partial charge in [-0.05, 0) is 193 Å². The van der Waals surface area contributed by atoms with Crippen LogP contribution in [0.4, 0.5) is 0 Å². The molecule has 24 rings (SSSR count). The second-order valence-electron chi connectivity index (χ2n) is 32.4. The van der Waals surface area contributed by atoms with Crippen molar-refractivity contribution in [3.05, 3.63) is 459 Å². The van der Waals surface area contributed by atoms with Gasteiger partial charge in [0, 0.05) is 195 Å². The second kappa shape index (κ2) is 49.3. The maximum absolute atomic E-state index is 7.47. The van der Waals surface area contributed by atoms with Crippen LogP contribution < -0.4 is 0 Å². The Balaban J connectivity index is 0.000000148. The second-order valence-corrected chi connectivity index (χ2v) is 32.4. The first kappa shape index (κ1) is 84.4. The molecule has 0 aliphatic carbocycles. The number of hydrogen-bond donors (Lipinski definition) is 0. The van der Waals surface area contributed by atoms with Crippen molar-refractivity contribution in [1.82, 2.24) is 59.8 Å². The molecule has 0 saturated carbocycles. The molecule has 0 aliphatic heterocycles. The van der Waals surface area contributed by atoms with Gasteiger partial charge in [0.2, 0.25) is 22.9 Å². The molecule has 0 fully saturated rings. The van der Waals surface area contributed by atoms with E-state index in [0.29, 0.717) is 51.1 Å². The summed E-state index contributed by atoms with van der Waals surface area (Å²) in [5.41, 5.74) is 21.5. The smallest absolute Gasteiger partial charge is 0.216 e. The number of furan rings is 4. The number of hydrogen-bond acceptors (Lipinski definition) is 16. The molecule has 0 amide bonds. The molecule has 20 heteroatoms. The van der Waals surface area contributed by atoms with Crippen LogP contribution in [0.3, 0.4) is 0 Å². The van der Waals surface area contributed by atoms with E-state index in [9.17, 15) is 0 Å².